The first kappa shape index (κ1) is 11.4. The fourth-order valence-corrected chi connectivity index (χ4v) is 2.17. The molecule has 3 unspecified atom stereocenters. The monoisotopic (exact) mass is 245 g/mol. The average Bonchev–Trinajstić information content (AvgIpc) is 3.08. The van der Waals surface area contributed by atoms with Gasteiger partial charge in [-0.15, -0.1) is 0 Å². The van der Waals surface area contributed by atoms with Gasteiger partial charge < -0.3 is 15.4 Å². The van der Waals surface area contributed by atoms with Crippen molar-refractivity contribution in [1.29, 1.82) is 0 Å². The van der Waals surface area contributed by atoms with E-state index >= 15 is 0 Å². The van der Waals surface area contributed by atoms with Gasteiger partial charge in [-0.25, -0.2) is 0 Å². The third-order valence-electron chi connectivity index (χ3n) is 3.32. The zero-order valence-corrected chi connectivity index (χ0v) is 9.86. The van der Waals surface area contributed by atoms with Crippen molar-refractivity contribution in [2.45, 2.75) is 24.3 Å². The van der Waals surface area contributed by atoms with E-state index in [2.05, 4.69) is 22.3 Å². The van der Waals surface area contributed by atoms with Crippen molar-refractivity contribution in [1.82, 2.24) is 10.1 Å². The number of nitrogens with zero attached hydrogens (tertiary/aromatic N) is 2. The number of hydrogen-bond donors (Lipinski definition) is 2. The van der Waals surface area contributed by atoms with Gasteiger partial charge >= 0.3 is 0 Å². The average molecular weight is 245 g/mol. The van der Waals surface area contributed by atoms with Crippen molar-refractivity contribution in [3.8, 4) is 0 Å². The predicted molar refractivity (Wildman–Crippen MR) is 64.9 cm³/mol. The first-order valence-electron chi connectivity index (χ1n) is 6.04. The molecule has 2 aromatic rings. The van der Waals surface area contributed by atoms with Crippen molar-refractivity contribution in [2.75, 3.05) is 6.61 Å². The summed E-state index contributed by atoms with van der Waals surface area (Å²) in [6, 6.07) is 9.74. The van der Waals surface area contributed by atoms with Gasteiger partial charge in [-0.2, -0.15) is 4.98 Å². The van der Waals surface area contributed by atoms with Crippen molar-refractivity contribution in [3.05, 3.63) is 47.6 Å². The lowest BCUT2D eigenvalue weighted by Gasteiger charge is -1.98. The van der Waals surface area contributed by atoms with Crippen LogP contribution in [0.1, 0.15) is 41.6 Å². The zero-order valence-electron chi connectivity index (χ0n) is 9.86. The fraction of sp³-hybridized carbons (Fsp3) is 0.385. The highest BCUT2D eigenvalue weighted by Gasteiger charge is 2.43. The second-order valence-electron chi connectivity index (χ2n) is 4.64. The molecule has 5 heteroatoms. The van der Waals surface area contributed by atoms with Gasteiger partial charge in [0.15, 0.2) is 5.82 Å². The minimum absolute atomic E-state index is 0.175. The molecule has 18 heavy (non-hydrogen) atoms. The first-order valence-corrected chi connectivity index (χ1v) is 6.04. The molecule has 1 aromatic carbocycles. The first-order chi connectivity index (χ1) is 8.79. The number of aromatic nitrogens is 2. The standard InChI is InChI=1S/C13H15N3O2/c14-11(7-17)12-15-13(18-16-12)10-6-9(10)8-4-2-1-3-5-8/h1-5,9-11,17H,6-7,14H2. The van der Waals surface area contributed by atoms with Crippen LogP contribution in [0.15, 0.2) is 34.9 Å². The molecule has 1 aliphatic rings. The Labute approximate surface area is 105 Å². The van der Waals surface area contributed by atoms with E-state index in [1.807, 2.05) is 18.2 Å². The molecular weight excluding hydrogens is 230 g/mol. The Kier molecular flexibility index (Phi) is 2.85. The van der Waals surface area contributed by atoms with Crippen LogP contribution >= 0.6 is 0 Å². The molecule has 0 amide bonds. The molecule has 94 valence electrons. The predicted octanol–water partition coefficient (Wildman–Crippen LogP) is 1.33. The second-order valence-corrected chi connectivity index (χ2v) is 4.64. The van der Waals surface area contributed by atoms with Crippen LogP contribution in [0.25, 0.3) is 0 Å². The van der Waals surface area contributed by atoms with Gasteiger partial charge in [-0.05, 0) is 17.9 Å². The van der Waals surface area contributed by atoms with Crippen LogP contribution in [-0.2, 0) is 0 Å². The quantitative estimate of drug-likeness (QED) is 0.848. The lowest BCUT2D eigenvalue weighted by molar-refractivity contribution is 0.259. The smallest absolute Gasteiger partial charge is 0.230 e. The summed E-state index contributed by atoms with van der Waals surface area (Å²) in [5, 5.41) is 12.7. The van der Waals surface area contributed by atoms with E-state index in [1.54, 1.807) is 0 Å². The van der Waals surface area contributed by atoms with Gasteiger partial charge in [0.25, 0.3) is 0 Å². The molecule has 1 aromatic heterocycles. The van der Waals surface area contributed by atoms with Crippen LogP contribution in [0.5, 0.6) is 0 Å². The maximum absolute atomic E-state index is 8.94. The summed E-state index contributed by atoms with van der Waals surface area (Å²) in [5.41, 5.74) is 6.94. The molecule has 3 atom stereocenters. The molecule has 0 radical (unpaired) electrons. The summed E-state index contributed by atoms with van der Waals surface area (Å²) < 4.78 is 5.21. The lowest BCUT2D eigenvalue weighted by atomic mass is 10.1. The second kappa shape index (κ2) is 4.51. The van der Waals surface area contributed by atoms with Crippen LogP contribution in [0.2, 0.25) is 0 Å². The summed E-state index contributed by atoms with van der Waals surface area (Å²) in [6.07, 6.45) is 1.03. The molecule has 5 nitrogen and oxygen atoms in total. The normalized spacial score (nSPS) is 23.9. The molecule has 1 fully saturated rings. The van der Waals surface area contributed by atoms with E-state index in [9.17, 15) is 0 Å². The van der Waals surface area contributed by atoms with E-state index in [0.717, 1.165) is 6.42 Å². The number of rotatable bonds is 4. The van der Waals surface area contributed by atoms with Crippen molar-refractivity contribution in [2.24, 2.45) is 5.73 Å². The Hall–Kier alpha value is -1.72. The number of nitrogens with two attached hydrogens (primary N) is 1. The molecule has 1 aliphatic carbocycles. The van der Waals surface area contributed by atoms with Crippen molar-refractivity contribution in [3.63, 3.8) is 0 Å². The van der Waals surface area contributed by atoms with Crippen LogP contribution < -0.4 is 5.73 Å². The van der Waals surface area contributed by atoms with E-state index in [4.69, 9.17) is 15.4 Å². The van der Waals surface area contributed by atoms with Gasteiger partial charge in [0.2, 0.25) is 5.89 Å². The summed E-state index contributed by atoms with van der Waals surface area (Å²) in [7, 11) is 0. The molecular formula is C13H15N3O2. The molecule has 3 rings (SSSR count). The number of aliphatic hydroxyl groups is 1. The zero-order chi connectivity index (χ0) is 12.5. The third-order valence-corrected chi connectivity index (χ3v) is 3.32. The van der Waals surface area contributed by atoms with Crippen LogP contribution in [0.3, 0.4) is 0 Å². The maximum Gasteiger partial charge on any atom is 0.230 e. The van der Waals surface area contributed by atoms with Crippen LogP contribution in [0.4, 0.5) is 0 Å². The Morgan fingerprint density at radius 2 is 2.11 bits per heavy atom. The molecule has 0 saturated heterocycles. The van der Waals surface area contributed by atoms with Gasteiger partial charge in [0.1, 0.15) is 0 Å². The molecule has 1 saturated carbocycles. The molecule has 0 aliphatic heterocycles. The van der Waals surface area contributed by atoms with Crippen molar-refractivity contribution < 1.29 is 9.63 Å². The number of benzene rings is 1. The van der Waals surface area contributed by atoms with E-state index in [-0.39, 0.29) is 6.61 Å². The van der Waals surface area contributed by atoms with Gasteiger partial charge in [-0.1, -0.05) is 35.5 Å². The Balaban J connectivity index is 1.73. The summed E-state index contributed by atoms with van der Waals surface area (Å²) in [5.74, 6) is 1.76. The lowest BCUT2D eigenvalue weighted by Crippen LogP contribution is -2.15. The van der Waals surface area contributed by atoms with Crippen molar-refractivity contribution >= 4 is 0 Å². The SMILES string of the molecule is NC(CO)c1noc(C2CC2c2ccccc2)n1. The minimum atomic E-state index is -0.559. The maximum atomic E-state index is 8.94. The van der Waals surface area contributed by atoms with E-state index in [0.29, 0.717) is 23.6 Å². The molecule has 0 spiro atoms. The Morgan fingerprint density at radius 3 is 2.83 bits per heavy atom. The highest BCUT2D eigenvalue weighted by atomic mass is 16.5. The minimum Gasteiger partial charge on any atom is -0.394 e. The molecule has 3 N–H and O–H groups in total. The van der Waals surface area contributed by atoms with E-state index < -0.39 is 6.04 Å². The Bertz CT molecular complexity index is 526. The summed E-state index contributed by atoms with van der Waals surface area (Å²) in [4.78, 5) is 4.26. The highest BCUT2D eigenvalue weighted by molar-refractivity contribution is 5.30. The molecule has 0 bridgehead atoms. The summed E-state index contributed by atoms with van der Waals surface area (Å²) in [6.45, 7) is -0.175. The van der Waals surface area contributed by atoms with Gasteiger partial charge in [0.05, 0.1) is 12.6 Å². The number of aliphatic hydroxyl groups excluding tert-OH is 1. The van der Waals surface area contributed by atoms with E-state index in [1.165, 1.54) is 5.56 Å². The highest BCUT2D eigenvalue weighted by Crippen LogP contribution is 2.53. The largest absolute Gasteiger partial charge is 0.394 e. The van der Waals surface area contributed by atoms with Gasteiger partial charge in [0, 0.05) is 5.92 Å². The number of hydrogen-bond acceptors (Lipinski definition) is 5. The molecule has 1 heterocycles. The topological polar surface area (TPSA) is 85.2 Å². The fourth-order valence-electron chi connectivity index (χ4n) is 2.17. The van der Waals surface area contributed by atoms with Gasteiger partial charge in [-0.3, -0.25) is 0 Å². The Morgan fingerprint density at radius 1 is 1.33 bits per heavy atom. The third kappa shape index (κ3) is 2.02. The van der Waals surface area contributed by atoms with Crippen LogP contribution in [-0.4, -0.2) is 21.9 Å². The van der Waals surface area contributed by atoms with Crippen LogP contribution in [0, 0.1) is 0 Å². The summed E-state index contributed by atoms with van der Waals surface area (Å²) >= 11 is 0.